The molecule has 3 rings (SSSR count). The van der Waals surface area contributed by atoms with Crippen molar-refractivity contribution in [2.24, 2.45) is 0 Å². The molecule has 0 unspecified atom stereocenters. The zero-order valence-electron chi connectivity index (χ0n) is 32.1. The Hall–Kier alpha value is -3.33. The third-order valence-electron chi connectivity index (χ3n) is 7.25. The zero-order chi connectivity index (χ0) is 38.0. The van der Waals surface area contributed by atoms with Gasteiger partial charge in [-0.2, -0.15) is 0 Å². The van der Waals surface area contributed by atoms with Crippen molar-refractivity contribution in [3.63, 3.8) is 0 Å². The van der Waals surface area contributed by atoms with Gasteiger partial charge in [0.15, 0.2) is 6.79 Å². The van der Waals surface area contributed by atoms with E-state index >= 15 is 0 Å². The predicted molar refractivity (Wildman–Crippen MR) is 208 cm³/mol. The van der Waals surface area contributed by atoms with Crippen LogP contribution in [-0.4, -0.2) is 98.3 Å². The Morgan fingerprint density at radius 1 is 0.627 bits per heavy atom. The summed E-state index contributed by atoms with van der Waals surface area (Å²) in [6, 6.07) is 19.6. The molecule has 3 aromatic carbocycles. The van der Waals surface area contributed by atoms with Gasteiger partial charge < -0.3 is 18.9 Å². The van der Waals surface area contributed by atoms with Crippen molar-refractivity contribution < 1.29 is 47.5 Å². The third kappa shape index (κ3) is 16.3. The summed E-state index contributed by atoms with van der Waals surface area (Å²) in [5.41, 5.74) is 2.47. The Kier molecular flexibility index (Phi) is 18.8. The predicted octanol–water partition coefficient (Wildman–Crippen LogP) is 7.18. The maximum absolute atomic E-state index is 12.5. The molecule has 0 aliphatic rings. The number of rotatable bonds is 19. The molecule has 0 aromatic heterocycles. The Bertz CT molecular complexity index is 1520. The van der Waals surface area contributed by atoms with E-state index in [1.165, 1.54) is 25.8 Å². The molecule has 0 saturated heterocycles. The number of carbonyl (C=O) groups is 2. The van der Waals surface area contributed by atoms with Crippen LogP contribution in [0.2, 0.25) is 51.4 Å². The normalized spacial score (nSPS) is 11.2. The first kappa shape index (κ1) is 43.8. The molecule has 0 aliphatic heterocycles. The van der Waals surface area contributed by atoms with Crippen LogP contribution >= 0.6 is 0 Å². The van der Waals surface area contributed by atoms with Gasteiger partial charge in [0, 0.05) is 21.3 Å². The fraction of sp³-hybridized carbons (Fsp3) is 0.474. The van der Waals surface area contributed by atoms with E-state index in [-0.39, 0.29) is 28.5 Å². The molecule has 0 aliphatic carbocycles. The van der Waals surface area contributed by atoms with Gasteiger partial charge in [0.1, 0.15) is 17.1 Å². The standard InChI is InChI=1S/C22H30O5SeSi.C16H26O5Si/c1-24-16-27-20-14-18(26-11-12-29(3,4)5)13-17(21(20)22(23)25-2)15-28-19-9-7-6-8-10-19;1-12-9-13(20-7-8-22(4,5)6)10-14(21-11-18-2)15(12)16(17)19-3/h6-10,13-14H,11-12,15-16H2,1-5H3;9-10H,7-8,11H2,1-6H3. The molecule has 0 heterocycles. The van der Waals surface area contributed by atoms with Gasteiger partial charge in [0.2, 0.25) is 0 Å². The molecule has 51 heavy (non-hydrogen) atoms. The fourth-order valence-electron chi connectivity index (χ4n) is 4.45. The van der Waals surface area contributed by atoms with E-state index in [9.17, 15) is 9.59 Å². The van der Waals surface area contributed by atoms with Crippen LogP contribution in [0.3, 0.4) is 0 Å². The number of ether oxygens (including phenoxy) is 8. The summed E-state index contributed by atoms with van der Waals surface area (Å²) in [4.78, 5) is 24.4. The van der Waals surface area contributed by atoms with Gasteiger partial charge in [-0.3, -0.25) is 0 Å². The van der Waals surface area contributed by atoms with Gasteiger partial charge in [0.25, 0.3) is 0 Å². The molecule has 0 N–H and O–H groups in total. The molecule has 0 fully saturated rings. The summed E-state index contributed by atoms with van der Waals surface area (Å²) in [5, 5.41) is 0.732. The number of esters is 2. The molecule has 0 atom stereocenters. The molecule has 0 saturated carbocycles. The summed E-state index contributed by atoms with van der Waals surface area (Å²) in [7, 11) is 3.46. The van der Waals surface area contributed by atoms with Crippen molar-refractivity contribution >= 4 is 47.5 Å². The van der Waals surface area contributed by atoms with E-state index in [0.29, 0.717) is 47.3 Å². The van der Waals surface area contributed by atoms with E-state index in [0.717, 1.165) is 28.5 Å². The van der Waals surface area contributed by atoms with Crippen molar-refractivity contribution in [3.05, 3.63) is 76.9 Å². The van der Waals surface area contributed by atoms with Crippen molar-refractivity contribution in [2.45, 2.75) is 63.6 Å². The number of methoxy groups -OCH3 is 4. The monoisotopic (exact) mass is 808 g/mol. The molecular weight excluding hydrogens is 752 g/mol. The van der Waals surface area contributed by atoms with Gasteiger partial charge in [-0.1, -0.05) is 19.6 Å². The molecule has 10 nitrogen and oxygen atoms in total. The number of hydrogen-bond donors (Lipinski definition) is 0. The minimum absolute atomic E-state index is 0.0472. The Morgan fingerprint density at radius 3 is 1.57 bits per heavy atom. The quantitative estimate of drug-likeness (QED) is 0.0703. The summed E-state index contributed by atoms with van der Waals surface area (Å²) >= 11 is 0.166. The summed E-state index contributed by atoms with van der Waals surface area (Å²) in [5.74, 6) is 1.40. The SMILES string of the molecule is COCOc1cc(OCC[Si](C)(C)C)cc(C)c1C(=O)OC.COCOc1cc(OCC[Si](C)(C)C)cc(C[Se]c2ccccc2)c1C(=O)OC. The van der Waals surface area contributed by atoms with Crippen LogP contribution in [0, 0.1) is 6.92 Å². The van der Waals surface area contributed by atoms with Crippen LogP contribution in [-0.2, 0) is 24.3 Å². The Balaban J connectivity index is 0.000000368. The van der Waals surface area contributed by atoms with Gasteiger partial charge in [0.05, 0.1) is 13.7 Å². The number of hydrogen-bond acceptors (Lipinski definition) is 10. The first-order valence-corrected chi connectivity index (χ1v) is 26.3. The summed E-state index contributed by atoms with van der Waals surface area (Å²) < 4.78 is 44.1. The topological polar surface area (TPSA) is 108 Å². The summed E-state index contributed by atoms with van der Waals surface area (Å²) in [6.45, 7) is 17.1. The first-order chi connectivity index (χ1) is 24.1. The minimum atomic E-state index is -1.20. The number of aryl methyl sites for hydroxylation is 1. The Labute approximate surface area is 312 Å². The van der Waals surface area contributed by atoms with E-state index < -0.39 is 28.1 Å². The molecule has 0 bridgehead atoms. The molecular formula is C38H56O10SeSi2. The van der Waals surface area contributed by atoms with Crippen LogP contribution < -0.4 is 23.4 Å². The number of benzene rings is 3. The zero-order valence-corrected chi connectivity index (χ0v) is 35.8. The van der Waals surface area contributed by atoms with Crippen LogP contribution in [0.25, 0.3) is 0 Å². The van der Waals surface area contributed by atoms with Gasteiger partial charge in [-0.15, -0.1) is 0 Å². The molecule has 0 spiro atoms. The fourth-order valence-corrected chi connectivity index (χ4v) is 7.76. The van der Waals surface area contributed by atoms with E-state index in [1.54, 1.807) is 19.2 Å². The molecule has 3 aromatic rings. The van der Waals surface area contributed by atoms with Crippen molar-refractivity contribution in [2.75, 3.05) is 55.2 Å². The van der Waals surface area contributed by atoms with Crippen molar-refractivity contribution in [1.82, 2.24) is 0 Å². The molecule has 13 heteroatoms. The van der Waals surface area contributed by atoms with E-state index in [1.807, 2.05) is 37.3 Å². The Morgan fingerprint density at radius 2 is 1.10 bits per heavy atom. The second kappa shape index (κ2) is 21.9. The van der Waals surface area contributed by atoms with E-state index in [2.05, 4.69) is 51.4 Å². The first-order valence-electron chi connectivity index (χ1n) is 16.8. The van der Waals surface area contributed by atoms with Crippen molar-refractivity contribution in [1.29, 1.82) is 0 Å². The van der Waals surface area contributed by atoms with Gasteiger partial charge >= 0.3 is 187 Å². The molecule has 0 radical (unpaired) electrons. The number of carbonyl (C=O) groups excluding carboxylic acids is 2. The third-order valence-corrected chi connectivity index (χ3v) is 12.9. The maximum atomic E-state index is 12.5. The van der Waals surface area contributed by atoms with Crippen LogP contribution in [0.4, 0.5) is 0 Å². The molecule has 0 amide bonds. The summed E-state index contributed by atoms with van der Waals surface area (Å²) in [6.07, 6.45) is 0. The van der Waals surface area contributed by atoms with Gasteiger partial charge in [-0.05, 0) is 24.6 Å². The second-order valence-corrected chi connectivity index (χ2v) is 27.5. The van der Waals surface area contributed by atoms with Crippen LogP contribution in [0.5, 0.6) is 23.0 Å². The van der Waals surface area contributed by atoms with Gasteiger partial charge in [-0.25, -0.2) is 4.79 Å². The van der Waals surface area contributed by atoms with Crippen LogP contribution in [0.15, 0.2) is 54.6 Å². The van der Waals surface area contributed by atoms with Crippen LogP contribution in [0.1, 0.15) is 31.8 Å². The molecule has 282 valence electrons. The van der Waals surface area contributed by atoms with Crippen molar-refractivity contribution in [3.8, 4) is 23.0 Å². The average molecular weight is 808 g/mol. The average Bonchev–Trinajstić information content (AvgIpc) is 3.07. The second-order valence-electron chi connectivity index (χ2n) is 14.1. The van der Waals surface area contributed by atoms with E-state index in [4.69, 9.17) is 37.9 Å².